The summed E-state index contributed by atoms with van der Waals surface area (Å²) in [6.07, 6.45) is 3.08. The van der Waals surface area contributed by atoms with Crippen molar-refractivity contribution in [3.05, 3.63) is 29.8 Å². The van der Waals surface area contributed by atoms with Crippen molar-refractivity contribution in [2.75, 3.05) is 25.5 Å². The SMILES string of the molecule is COC(=O)c1cccc(NC(=O)C(C)(C)C(=O)N2CCCCC2)c1. The molecule has 1 saturated heterocycles. The highest BCUT2D eigenvalue weighted by molar-refractivity contribution is 6.10. The van der Waals surface area contributed by atoms with Crippen molar-refractivity contribution in [3.8, 4) is 0 Å². The van der Waals surface area contributed by atoms with Gasteiger partial charge >= 0.3 is 5.97 Å². The van der Waals surface area contributed by atoms with E-state index in [1.165, 1.54) is 13.2 Å². The standard InChI is InChI=1S/C18H24N2O4/c1-18(2,17(23)20-10-5-4-6-11-20)16(22)19-14-9-7-8-13(12-14)15(21)24-3/h7-9,12H,4-6,10-11H2,1-3H3,(H,19,22). The second-order valence-corrected chi connectivity index (χ2v) is 6.50. The Bertz CT molecular complexity index is 634. The van der Waals surface area contributed by atoms with Gasteiger partial charge in [0.15, 0.2) is 0 Å². The smallest absolute Gasteiger partial charge is 0.337 e. The Hall–Kier alpha value is -2.37. The lowest BCUT2D eigenvalue weighted by atomic mass is 9.89. The van der Waals surface area contributed by atoms with E-state index in [1.54, 1.807) is 36.9 Å². The molecule has 1 N–H and O–H groups in total. The van der Waals surface area contributed by atoms with Gasteiger partial charge in [0, 0.05) is 18.8 Å². The zero-order valence-corrected chi connectivity index (χ0v) is 14.4. The van der Waals surface area contributed by atoms with E-state index < -0.39 is 11.4 Å². The highest BCUT2D eigenvalue weighted by atomic mass is 16.5. The summed E-state index contributed by atoms with van der Waals surface area (Å²) >= 11 is 0. The molecule has 0 aliphatic carbocycles. The monoisotopic (exact) mass is 332 g/mol. The lowest BCUT2D eigenvalue weighted by Gasteiger charge is -2.33. The van der Waals surface area contributed by atoms with E-state index in [4.69, 9.17) is 0 Å². The molecule has 2 rings (SSSR count). The third kappa shape index (κ3) is 3.93. The number of ether oxygens (including phenoxy) is 1. The van der Waals surface area contributed by atoms with Gasteiger partial charge in [-0.2, -0.15) is 0 Å². The third-order valence-electron chi connectivity index (χ3n) is 4.29. The number of anilines is 1. The van der Waals surface area contributed by atoms with Crippen LogP contribution in [0.3, 0.4) is 0 Å². The maximum absolute atomic E-state index is 12.7. The quantitative estimate of drug-likeness (QED) is 0.679. The topological polar surface area (TPSA) is 75.7 Å². The number of piperidine rings is 1. The maximum atomic E-state index is 12.7. The Labute approximate surface area is 142 Å². The first kappa shape index (κ1) is 18.0. The van der Waals surface area contributed by atoms with Crippen LogP contribution in [0.1, 0.15) is 43.5 Å². The molecule has 1 aromatic carbocycles. The van der Waals surface area contributed by atoms with Crippen LogP contribution in [0, 0.1) is 5.41 Å². The van der Waals surface area contributed by atoms with Gasteiger partial charge in [0.1, 0.15) is 5.41 Å². The second-order valence-electron chi connectivity index (χ2n) is 6.50. The Morgan fingerprint density at radius 3 is 2.42 bits per heavy atom. The fraction of sp³-hybridized carbons (Fsp3) is 0.500. The molecule has 130 valence electrons. The summed E-state index contributed by atoms with van der Waals surface area (Å²) in [4.78, 5) is 38.6. The van der Waals surface area contributed by atoms with E-state index >= 15 is 0 Å². The number of nitrogens with zero attached hydrogens (tertiary/aromatic N) is 1. The molecule has 0 radical (unpaired) electrons. The molecule has 1 aliphatic heterocycles. The predicted octanol–water partition coefficient (Wildman–Crippen LogP) is 2.45. The first-order chi connectivity index (χ1) is 11.4. The summed E-state index contributed by atoms with van der Waals surface area (Å²) in [6, 6.07) is 6.46. The zero-order chi connectivity index (χ0) is 17.7. The van der Waals surface area contributed by atoms with Crippen molar-refractivity contribution in [1.82, 2.24) is 4.90 Å². The predicted molar refractivity (Wildman–Crippen MR) is 90.6 cm³/mol. The minimum atomic E-state index is -1.17. The Balaban J connectivity index is 2.10. The Morgan fingerprint density at radius 1 is 1.12 bits per heavy atom. The van der Waals surface area contributed by atoms with Gasteiger partial charge in [0.05, 0.1) is 12.7 Å². The summed E-state index contributed by atoms with van der Waals surface area (Å²) in [5.41, 5.74) is -0.364. The number of amides is 2. The summed E-state index contributed by atoms with van der Waals surface area (Å²) in [5, 5.41) is 2.73. The maximum Gasteiger partial charge on any atom is 0.337 e. The summed E-state index contributed by atoms with van der Waals surface area (Å²) < 4.78 is 4.67. The van der Waals surface area contributed by atoms with Crippen LogP contribution in [0.25, 0.3) is 0 Å². The molecule has 0 aromatic heterocycles. The molecule has 1 aromatic rings. The van der Waals surface area contributed by atoms with Crippen LogP contribution in [0.15, 0.2) is 24.3 Å². The fourth-order valence-corrected chi connectivity index (χ4v) is 2.72. The number of methoxy groups -OCH3 is 1. The number of rotatable bonds is 4. The molecule has 2 amide bonds. The fourth-order valence-electron chi connectivity index (χ4n) is 2.72. The van der Waals surface area contributed by atoms with Crippen molar-refractivity contribution in [1.29, 1.82) is 0 Å². The molecule has 1 heterocycles. The van der Waals surface area contributed by atoms with Crippen molar-refractivity contribution in [2.24, 2.45) is 5.41 Å². The van der Waals surface area contributed by atoms with Crippen molar-refractivity contribution in [2.45, 2.75) is 33.1 Å². The van der Waals surface area contributed by atoms with E-state index in [0.717, 1.165) is 19.3 Å². The Kier molecular flexibility index (Phi) is 5.59. The largest absolute Gasteiger partial charge is 0.465 e. The van der Waals surface area contributed by atoms with Gasteiger partial charge in [-0.3, -0.25) is 9.59 Å². The summed E-state index contributed by atoms with van der Waals surface area (Å²) in [6.45, 7) is 4.66. The van der Waals surface area contributed by atoms with Crippen LogP contribution in [0.2, 0.25) is 0 Å². The number of hydrogen-bond acceptors (Lipinski definition) is 4. The second kappa shape index (κ2) is 7.47. The number of benzene rings is 1. The Morgan fingerprint density at radius 2 is 1.79 bits per heavy atom. The number of hydrogen-bond donors (Lipinski definition) is 1. The van der Waals surface area contributed by atoms with E-state index in [9.17, 15) is 14.4 Å². The molecule has 0 spiro atoms. The van der Waals surface area contributed by atoms with Crippen LogP contribution in [-0.4, -0.2) is 42.9 Å². The van der Waals surface area contributed by atoms with Gasteiger partial charge in [0.25, 0.3) is 0 Å². The normalized spacial score (nSPS) is 14.9. The van der Waals surface area contributed by atoms with Crippen LogP contribution in [0.5, 0.6) is 0 Å². The number of nitrogens with one attached hydrogen (secondary N) is 1. The molecule has 24 heavy (non-hydrogen) atoms. The van der Waals surface area contributed by atoms with E-state index in [-0.39, 0.29) is 11.8 Å². The minimum Gasteiger partial charge on any atom is -0.465 e. The zero-order valence-electron chi connectivity index (χ0n) is 14.4. The van der Waals surface area contributed by atoms with Gasteiger partial charge in [-0.15, -0.1) is 0 Å². The van der Waals surface area contributed by atoms with Crippen LogP contribution >= 0.6 is 0 Å². The van der Waals surface area contributed by atoms with Crippen molar-refractivity contribution < 1.29 is 19.1 Å². The average molecular weight is 332 g/mol. The highest BCUT2D eigenvalue weighted by Gasteiger charge is 2.39. The molecule has 6 nitrogen and oxygen atoms in total. The minimum absolute atomic E-state index is 0.163. The van der Waals surface area contributed by atoms with E-state index in [1.807, 2.05) is 0 Å². The molecule has 0 atom stereocenters. The van der Waals surface area contributed by atoms with Gasteiger partial charge in [-0.05, 0) is 51.3 Å². The van der Waals surface area contributed by atoms with Crippen LogP contribution in [0.4, 0.5) is 5.69 Å². The molecule has 1 fully saturated rings. The lowest BCUT2D eigenvalue weighted by molar-refractivity contribution is -0.147. The number of esters is 1. The number of carbonyl (C=O) groups excluding carboxylic acids is 3. The molecular weight excluding hydrogens is 308 g/mol. The molecule has 0 saturated carbocycles. The average Bonchev–Trinajstić information content (AvgIpc) is 2.61. The molecule has 0 unspecified atom stereocenters. The van der Waals surface area contributed by atoms with Gasteiger partial charge in [-0.25, -0.2) is 4.79 Å². The van der Waals surface area contributed by atoms with Crippen molar-refractivity contribution >= 4 is 23.5 Å². The van der Waals surface area contributed by atoms with Gasteiger partial charge < -0.3 is 15.0 Å². The molecule has 1 aliphatic rings. The van der Waals surface area contributed by atoms with E-state index in [2.05, 4.69) is 10.1 Å². The van der Waals surface area contributed by atoms with E-state index in [0.29, 0.717) is 24.3 Å². The molecular formula is C18H24N2O4. The summed E-state index contributed by atoms with van der Waals surface area (Å²) in [5.74, 6) is -1.03. The third-order valence-corrected chi connectivity index (χ3v) is 4.29. The van der Waals surface area contributed by atoms with Gasteiger partial charge in [0.2, 0.25) is 11.8 Å². The first-order valence-electron chi connectivity index (χ1n) is 8.15. The number of likely N-dealkylation sites (tertiary alicyclic amines) is 1. The number of carbonyl (C=O) groups is 3. The van der Waals surface area contributed by atoms with Crippen LogP contribution < -0.4 is 5.32 Å². The van der Waals surface area contributed by atoms with Crippen molar-refractivity contribution in [3.63, 3.8) is 0 Å². The first-order valence-corrected chi connectivity index (χ1v) is 8.15. The molecule has 0 bridgehead atoms. The highest BCUT2D eigenvalue weighted by Crippen LogP contribution is 2.24. The van der Waals surface area contributed by atoms with Gasteiger partial charge in [-0.1, -0.05) is 6.07 Å². The van der Waals surface area contributed by atoms with Crippen LogP contribution in [-0.2, 0) is 14.3 Å². The summed E-state index contributed by atoms with van der Waals surface area (Å²) in [7, 11) is 1.30. The lowest BCUT2D eigenvalue weighted by Crippen LogP contribution is -2.49. The molecule has 6 heteroatoms.